The Balaban J connectivity index is 0.00000576. The van der Waals surface area contributed by atoms with Crippen LogP contribution >= 0.6 is 12.4 Å². The molecular formula is C13H19ClF3N3O4S. The molecule has 1 aromatic rings. The van der Waals surface area contributed by atoms with Gasteiger partial charge in [0.1, 0.15) is 0 Å². The van der Waals surface area contributed by atoms with Gasteiger partial charge in [-0.1, -0.05) is 13.8 Å². The van der Waals surface area contributed by atoms with Crippen LogP contribution in [0.2, 0.25) is 0 Å². The lowest BCUT2D eigenvalue weighted by Gasteiger charge is -2.27. The third kappa shape index (κ3) is 5.80. The maximum Gasteiger partial charge on any atom is 0.417 e. The third-order valence-electron chi connectivity index (χ3n) is 3.79. The molecule has 0 aliphatic heterocycles. The highest BCUT2D eigenvalue weighted by atomic mass is 35.5. The molecule has 0 aliphatic carbocycles. The van der Waals surface area contributed by atoms with Gasteiger partial charge in [0, 0.05) is 24.2 Å². The molecule has 0 saturated heterocycles. The lowest BCUT2D eigenvalue weighted by atomic mass is 9.95. The number of halogens is 4. The maximum atomic E-state index is 13.1. The fourth-order valence-electron chi connectivity index (χ4n) is 1.90. The van der Waals surface area contributed by atoms with Gasteiger partial charge in [-0.3, -0.25) is 10.1 Å². The van der Waals surface area contributed by atoms with Gasteiger partial charge >= 0.3 is 6.18 Å². The van der Waals surface area contributed by atoms with Crippen molar-refractivity contribution in [3.05, 3.63) is 33.9 Å². The minimum Gasteiger partial charge on any atom is -0.324 e. The molecule has 0 radical (unpaired) electrons. The van der Waals surface area contributed by atoms with Crippen LogP contribution in [0.3, 0.4) is 0 Å². The smallest absolute Gasteiger partial charge is 0.324 e. The second-order valence-corrected chi connectivity index (χ2v) is 7.06. The van der Waals surface area contributed by atoms with Crippen molar-refractivity contribution in [2.24, 2.45) is 5.73 Å². The molecule has 3 N–H and O–H groups in total. The van der Waals surface area contributed by atoms with E-state index in [1.807, 2.05) is 0 Å². The van der Waals surface area contributed by atoms with Gasteiger partial charge in [-0.15, -0.1) is 12.4 Å². The summed E-state index contributed by atoms with van der Waals surface area (Å²) in [6.07, 6.45) is -4.23. The molecule has 0 bridgehead atoms. The summed E-state index contributed by atoms with van der Waals surface area (Å²) in [4.78, 5) is 8.53. The first kappa shape index (κ1) is 23.6. The van der Waals surface area contributed by atoms with E-state index in [4.69, 9.17) is 5.73 Å². The Kier molecular flexibility index (Phi) is 7.82. The summed E-state index contributed by atoms with van der Waals surface area (Å²) < 4.78 is 65.8. The molecule has 1 rings (SSSR count). The van der Waals surface area contributed by atoms with Gasteiger partial charge in [0.2, 0.25) is 10.0 Å². The van der Waals surface area contributed by atoms with Gasteiger partial charge in [-0.2, -0.15) is 13.2 Å². The Morgan fingerprint density at radius 3 is 2.16 bits per heavy atom. The summed E-state index contributed by atoms with van der Waals surface area (Å²) in [5.74, 6) is 0. The molecule has 144 valence electrons. The normalized spacial score (nSPS) is 12.6. The first-order valence-corrected chi connectivity index (χ1v) is 8.49. The topological polar surface area (TPSA) is 115 Å². The number of hydrogen-bond donors (Lipinski definition) is 2. The largest absolute Gasteiger partial charge is 0.417 e. The minimum atomic E-state index is -5.06. The molecule has 25 heavy (non-hydrogen) atoms. The zero-order valence-electron chi connectivity index (χ0n) is 13.5. The van der Waals surface area contributed by atoms with Gasteiger partial charge in [0.05, 0.1) is 15.4 Å². The standard InChI is InChI=1S/C13H18F3N3O4S.ClH/c1-3-12(17,4-2)8-18-24(22,23)11-6-5-9(19(20)21)7-10(11)13(14,15)16;/h5-7,18H,3-4,8,17H2,1-2H3;1H. The highest BCUT2D eigenvalue weighted by Gasteiger charge is 2.39. The Labute approximate surface area is 149 Å². The quantitative estimate of drug-likeness (QED) is 0.534. The van der Waals surface area contributed by atoms with Gasteiger partial charge in [0.15, 0.2) is 0 Å². The highest BCUT2D eigenvalue weighted by molar-refractivity contribution is 7.89. The Hall–Kier alpha value is -1.43. The van der Waals surface area contributed by atoms with Crippen LogP contribution in [0, 0.1) is 10.1 Å². The van der Waals surface area contributed by atoms with E-state index in [1.54, 1.807) is 13.8 Å². The number of nitrogens with two attached hydrogens (primary N) is 1. The predicted molar refractivity (Wildman–Crippen MR) is 88.0 cm³/mol. The Bertz CT molecular complexity index is 722. The van der Waals surface area contributed by atoms with Crippen LogP contribution in [0.5, 0.6) is 0 Å². The zero-order chi connectivity index (χ0) is 18.8. The Morgan fingerprint density at radius 2 is 1.76 bits per heavy atom. The minimum absolute atomic E-state index is 0. The van der Waals surface area contributed by atoms with E-state index in [2.05, 4.69) is 4.72 Å². The van der Waals surface area contributed by atoms with E-state index in [0.717, 1.165) is 0 Å². The van der Waals surface area contributed by atoms with Gasteiger partial charge in [0.25, 0.3) is 5.69 Å². The van der Waals surface area contributed by atoms with Crippen LogP contribution in [-0.2, 0) is 16.2 Å². The molecular weight excluding hydrogens is 387 g/mol. The molecule has 0 aliphatic rings. The number of hydrogen-bond acceptors (Lipinski definition) is 5. The summed E-state index contributed by atoms with van der Waals surface area (Å²) >= 11 is 0. The highest BCUT2D eigenvalue weighted by Crippen LogP contribution is 2.36. The summed E-state index contributed by atoms with van der Waals surface area (Å²) in [5, 5.41) is 10.6. The summed E-state index contributed by atoms with van der Waals surface area (Å²) in [7, 11) is -4.54. The Morgan fingerprint density at radius 1 is 1.24 bits per heavy atom. The third-order valence-corrected chi connectivity index (χ3v) is 5.25. The number of nitrogens with zero attached hydrogens (tertiary/aromatic N) is 1. The van der Waals surface area contributed by atoms with Gasteiger partial charge in [-0.25, -0.2) is 13.1 Å². The number of nitro groups is 1. The van der Waals surface area contributed by atoms with Crippen molar-refractivity contribution < 1.29 is 26.5 Å². The van der Waals surface area contributed by atoms with Gasteiger partial charge < -0.3 is 5.73 Å². The maximum absolute atomic E-state index is 13.1. The van der Waals surface area contributed by atoms with E-state index >= 15 is 0 Å². The van der Waals surface area contributed by atoms with Crippen LogP contribution in [0.4, 0.5) is 18.9 Å². The molecule has 0 saturated carbocycles. The fourth-order valence-corrected chi connectivity index (χ4v) is 3.25. The van der Waals surface area contributed by atoms with Crippen LogP contribution in [0.1, 0.15) is 32.3 Å². The van der Waals surface area contributed by atoms with Crippen molar-refractivity contribution in [2.45, 2.75) is 43.3 Å². The number of alkyl halides is 3. The molecule has 0 spiro atoms. The molecule has 0 amide bonds. The first-order valence-electron chi connectivity index (χ1n) is 7.00. The van der Waals surface area contributed by atoms with Crippen LogP contribution < -0.4 is 10.5 Å². The second-order valence-electron chi connectivity index (χ2n) is 5.33. The van der Waals surface area contributed by atoms with Crippen molar-refractivity contribution in [3.63, 3.8) is 0 Å². The average Bonchev–Trinajstić information content (AvgIpc) is 2.51. The molecule has 12 heteroatoms. The first-order chi connectivity index (χ1) is 10.9. The molecule has 0 unspecified atom stereocenters. The summed E-state index contributed by atoms with van der Waals surface area (Å²) in [6, 6.07) is 1.47. The van der Waals surface area contributed by atoms with Crippen molar-refractivity contribution in [2.75, 3.05) is 6.54 Å². The number of nitrogens with one attached hydrogen (secondary N) is 1. The van der Waals surface area contributed by atoms with Crippen LogP contribution in [0.25, 0.3) is 0 Å². The lowest BCUT2D eigenvalue weighted by molar-refractivity contribution is -0.385. The molecule has 0 heterocycles. The SMILES string of the molecule is CCC(N)(CC)CNS(=O)(=O)c1ccc([N+](=O)[O-])cc1C(F)(F)F.Cl. The number of non-ortho nitro benzene ring substituents is 1. The molecule has 1 aromatic carbocycles. The summed E-state index contributed by atoms with van der Waals surface area (Å²) in [5.41, 5.74) is 2.59. The number of sulfonamides is 1. The second kappa shape index (κ2) is 8.30. The lowest BCUT2D eigenvalue weighted by Crippen LogP contribution is -2.49. The monoisotopic (exact) mass is 405 g/mol. The molecule has 0 atom stereocenters. The van der Waals surface area contributed by atoms with E-state index in [-0.39, 0.29) is 25.0 Å². The predicted octanol–water partition coefficient (Wildman–Crippen LogP) is 2.83. The fraction of sp³-hybridized carbons (Fsp3) is 0.538. The van der Waals surface area contributed by atoms with Crippen molar-refractivity contribution in [3.8, 4) is 0 Å². The number of nitro benzene ring substituents is 1. The van der Waals surface area contributed by atoms with Crippen molar-refractivity contribution >= 4 is 28.1 Å². The van der Waals surface area contributed by atoms with Crippen LogP contribution in [-0.4, -0.2) is 25.4 Å². The van der Waals surface area contributed by atoms with Crippen LogP contribution in [0.15, 0.2) is 23.1 Å². The summed E-state index contributed by atoms with van der Waals surface area (Å²) in [6.45, 7) is 3.20. The van der Waals surface area contributed by atoms with E-state index in [0.29, 0.717) is 25.0 Å². The average molecular weight is 406 g/mol. The molecule has 0 fully saturated rings. The van der Waals surface area contributed by atoms with Gasteiger partial charge in [-0.05, 0) is 18.9 Å². The number of benzene rings is 1. The zero-order valence-corrected chi connectivity index (χ0v) is 15.1. The van der Waals surface area contributed by atoms with E-state index < -0.39 is 42.8 Å². The number of rotatable bonds is 7. The molecule has 7 nitrogen and oxygen atoms in total. The van der Waals surface area contributed by atoms with E-state index in [9.17, 15) is 31.7 Å². The molecule has 0 aromatic heterocycles. The van der Waals surface area contributed by atoms with E-state index in [1.165, 1.54) is 0 Å². The van der Waals surface area contributed by atoms with Crippen molar-refractivity contribution in [1.29, 1.82) is 0 Å². The van der Waals surface area contributed by atoms with Crippen molar-refractivity contribution in [1.82, 2.24) is 4.72 Å².